The lowest BCUT2D eigenvalue weighted by atomic mass is 10.1. The zero-order valence-corrected chi connectivity index (χ0v) is 10.7. The van der Waals surface area contributed by atoms with Gasteiger partial charge in [-0.1, -0.05) is 12.1 Å². The summed E-state index contributed by atoms with van der Waals surface area (Å²) in [5.41, 5.74) is 0.714. The number of carbonyl (C=O) groups is 1. The second kappa shape index (κ2) is 5.48. The number of halogens is 1. The quantitative estimate of drug-likeness (QED) is 0.804. The van der Waals surface area contributed by atoms with Crippen LogP contribution in [0.15, 0.2) is 24.3 Å². The van der Waals surface area contributed by atoms with E-state index in [-0.39, 0.29) is 30.3 Å². The van der Waals surface area contributed by atoms with Crippen LogP contribution in [0.2, 0.25) is 0 Å². The molecule has 0 aromatic heterocycles. The molecule has 1 aliphatic heterocycles. The van der Waals surface area contributed by atoms with Gasteiger partial charge in [0.1, 0.15) is 5.82 Å². The van der Waals surface area contributed by atoms with Crippen molar-refractivity contribution in [3.63, 3.8) is 0 Å². The maximum atomic E-state index is 13.1. The minimum absolute atomic E-state index is 0.0308. The third-order valence-electron chi connectivity index (χ3n) is 3.17. The van der Waals surface area contributed by atoms with Crippen molar-refractivity contribution in [2.24, 2.45) is 0 Å². The van der Waals surface area contributed by atoms with Crippen molar-refractivity contribution >= 4 is 5.91 Å². The second-order valence-corrected chi connectivity index (χ2v) is 4.85. The van der Waals surface area contributed by atoms with E-state index in [9.17, 15) is 9.18 Å². The van der Waals surface area contributed by atoms with Crippen LogP contribution in [0.3, 0.4) is 0 Å². The van der Waals surface area contributed by atoms with Gasteiger partial charge in [0, 0.05) is 6.54 Å². The number of amides is 1. The molecule has 2 unspecified atom stereocenters. The Morgan fingerprint density at radius 3 is 3.00 bits per heavy atom. The molecule has 0 aliphatic carbocycles. The van der Waals surface area contributed by atoms with E-state index in [4.69, 9.17) is 4.74 Å². The predicted molar refractivity (Wildman–Crippen MR) is 66.7 cm³/mol. The lowest BCUT2D eigenvalue weighted by Crippen LogP contribution is -2.50. The monoisotopic (exact) mass is 251 g/mol. The number of morpholine rings is 1. The molecule has 2 rings (SSSR count). The van der Waals surface area contributed by atoms with Crippen LogP contribution < -0.4 is 0 Å². The van der Waals surface area contributed by atoms with Crippen molar-refractivity contribution in [3.05, 3.63) is 35.6 Å². The Bertz CT molecular complexity index is 436. The summed E-state index contributed by atoms with van der Waals surface area (Å²) >= 11 is 0. The van der Waals surface area contributed by atoms with E-state index in [2.05, 4.69) is 0 Å². The van der Waals surface area contributed by atoms with E-state index >= 15 is 0 Å². The van der Waals surface area contributed by atoms with Gasteiger partial charge in [-0.2, -0.15) is 0 Å². The fourth-order valence-electron chi connectivity index (χ4n) is 2.17. The molecule has 2 atom stereocenters. The molecule has 1 amide bonds. The van der Waals surface area contributed by atoms with Gasteiger partial charge in [0.05, 0.1) is 25.2 Å². The van der Waals surface area contributed by atoms with Crippen molar-refractivity contribution in [2.45, 2.75) is 32.4 Å². The van der Waals surface area contributed by atoms with Crippen LogP contribution in [0.4, 0.5) is 4.39 Å². The summed E-state index contributed by atoms with van der Waals surface area (Å²) in [6.07, 6.45) is 0.312. The topological polar surface area (TPSA) is 29.5 Å². The van der Waals surface area contributed by atoms with Crippen LogP contribution in [0, 0.1) is 5.82 Å². The highest BCUT2D eigenvalue weighted by atomic mass is 19.1. The van der Waals surface area contributed by atoms with E-state index in [0.29, 0.717) is 18.7 Å². The highest BCUT2D eigenvalue weighted by molar-refractivity contribution is 5.79. The number of carbonyl (C=O) groups excluding carboxylic acids is 1. The normalized spacial score (nSPS) is 24.1. The molecular formula is C14H18FNO2. The molecule has 0 N–H and O–H groups in total. The number of nitrogens with zero attached hydrogens (tertiary/aromatic N) is 1. The molecule has 1 aliphatic rings. The molecule has 4 heteroatoms. The van der Waals surface area contributed by atoms with Crippen molar-refractivity contribution in [1.82, 2.24) is 4.90 Å². The largest absolute Gasteiger partial charge is 0.375 e. The fraction of sp³-hybridized carbons (Fsp3) is 0.500. The molecule has 1 heterocycles. The summed E-state index contributed by atoms with van der Waals surface area (Å²) in [7, 11) is 0. The van der Waals surface area contributed by atoms with Crippen LogP contribution >= 0.6 is 0 Å². The molecule has 98 valence electrons. The molecule has 1 aromatic rings. The van der Waals surface area contributed by atoms with E-state index in [0.717, 1.165) is 0 Å². The molecule has 18 heavy (non-hydrogen) atoms. The molecule has 0 bridgehead atoms. The first-order valence-electron chi connectivity index (χ1n) is 6.22. The Hall–Kier alpha value is -1.42. The molecular weight excluding hydrogens is 233 g/mol. The number of ether oxygens (including phenoxy) is 1. The van der Waals surface area contributed by atoms with Crippen LogP contribution in [0.25, 0.3) is 0 Å². The Morgan fingerprint density at radius 2 is 2.28 bits per heavy atom. The molecule has 0 saturated carbocycles. The third-order valence-corrected chi connectivity index (χ3v) is 3.17. The minimum atomic E-state index is -0.302. The minimum Gasteiger partial charge on any atom is -0.375 e. The Morgan fingerprint density at radius 1 is 1.50 bits per heavy atom. The Kier molecular flexibility index (Phi) is 3.97. The number of hydrogen-bond donors (Lipinski definition) is 0. The third kappa shape index (κ3) is 3.07. The van der Waals surface area contributed by atoms with Gasteiger partial charge in [-0.25, -0.2) is 4.39 Å². The summed E-state index contributed by atoms with van der Waals surface area (Å²) in [6.45, 7) is 5.09. The summed E-state index contributed by atoms with van der Waals surface area (Å²) in [5.74, 6) is -0.271. The van der Waals surface area contributed by atoms with Crippen LogP contribution in [-0.4, -0.2) is 36.1 Å². The zero-order valence-electron chi connectivity index (χ0n) is 10.7. The molecule has 1 aromatic carbocycles. The standard InChI is InChI=1S/C14H18FNO2/c1-10-9-18-11(2)8-16(10)14(17)7-12-4-3-5-13(15)6-12/h3-6,10-11H,7-9H2,1-2H3. The average Bonchev–Trinajstić information content (AvgIpc) is 2.32. The molecule has 1 saturated heterocycles. The molecule has 1 fully saturated rings. The van der Waals surface area contributed by atoms with Crippen molar-refractivity contribution in [3.8, 4) is 0 Å². The number of benzene rings is 1. The van der Waals surface area contributed by atoms with E-state index in [1.807, 2.05) is 18.7 Å². The predicted octanol–water partition coefficient (Wildman–Crippen LogP) is 2.00. The average molecular weight is 251 g/mol. The lowest BCUT2D eigenvalue weighted by Gasteiger charge is -2.36. The van der Waals surface area contributed by atoms with Crippen molar-refractivity contribution in [2.75, 3.05) is 13.2 Å². The van der Waals surface area contributed by atoms with Gasteiger partial charge in [-0.05, 0) is 31.5 Å². The first-order valence-corrected chi connectivity index (χ1v) is 6.22. The highest BCUT2D eigenvalue weighted by Gasteiger charge is 2.27. The summed E-state index contributed by atoms with van der Waals surface area (Å²) < 4.78 is 18.5. The molecule has 0 radical (unpaired) electrons. The second-order valence-electron chi connectivity index (χ2n) is 4.85. The van der Waals surface area contributed by atoms with Gasteiger partial charge in [-0.3, -0.25) is 4.79 Å². The van der Waals surface area contributed by atoms with E-state index in [1.165, 1.54) is 12.1 Å². The van der Waals surface area contributed by atoms with Gasteiger partial charge in [0.25, 0.3) is 0 Å². The van der Waals surface area contributed by atoms with Crippen LogP contribution in [0.1, 0.15) is 19.4 Å². The first-order chi connectivity index (χ1) is 8.56. The van der Waals surface area contributed by atoms with Crippen molar-refractivity contribution < 1.29 is 13.9 Å². The maximum Gasteiger partial charge on any atom is 0.227 e. The Balaban J connectivity index is 2.02. The molecule has 0 spiro atoms. The Labute approximate surface area is 107 Å². The van der Waals surface area contributed by atoms with Crippen LogP contribution in [-0.2, 0) is 16.0 Å². The molecule has 3 nitrogen and oxygen atoms in total. The number of hydrogen-bond acceptors (Lipinski definition) is 2. The lowest BCUT2D eigenvalue weighted by molar-refractivity contribution is -0.142. The summed E-state index contributed by atoms with van der Waals surface area (Å²) in [5, 5.41) is 0. The maximum absolute atomic E-state index is 13.1. The number of rotatable bonds is 2. The SMILES string of the molecule is CC1CN(C(=O)Cc2cccc(F)c2)C(C)CO1. The van der Waals surface area contributed by atoms with Gasteiger partial charge in [0.2, 0.25) is 5.91 Å². The van der Waals surface area contributed by atoms with Gasteiger partial charge < -0.3 is 9.64 Å². The first kappa shape index (κ1) is 13.0. The van der Waals surface area contributed by atoms with Crippen LogP contribution in [0.5, 0.6) is 0 Å². The van der Waals surface area contributed by atoms with E-state index < -0.39 is 0 Å². The highest BCUT2D eigenvalue weighted by Crippen LogP contribution is 2.14. The van der Waals surface area contributed by atoms with Gasteiger partial charge >= 0.3 is 0 Å². The van der Waals surface area contributed by atoms with Crippen molar-refractivity contribution in [1.29, 1.82) is 0 Å². The fourth-order valence-corrected chi connectivity index (χ4v) is 2.17. The van der Waals surface area contributed by atoms with Gasteiger partial charge in [0.15, 0.2) is 0 Å². The summed E-state index contributed by atoms with van der Waals surface area (Å²) in [4.78, 5) is 14.0. The van der Waals surface area contributed by atoms with E-state index in [1.54, 1.807) is 12.1 Å². The zero-order chi connectivity index (χ0) is 13.1. The summed E-state index contributed by atoms with van der Waals surface area (Å²) in [6, 6.07) is 6.28. The smallest absolute Gasteiger partial charge is 0.227 e. The van der Waals surface area contributed by atoms with Gasteiger partial charge in [-0.15, -0.1) is 0 Å².